The van der Waals surface area contributed by atoms with Crippen molar-refractivity contribution in [1.82, 2.24) is 20.1 Å². The van der Waals surface area contributed by atoms with E-state index in [-0.39, 0.29) is 0 Å². The number of nitrogens with one attached hydrogen (secondary N) is 1. The quantitative estimate of drug-likeness (QED) is 0.876. The molecule has 0 aliphatic heterocycles. The smallest absolute Gasteiger partial charge is 0.138 e. The van der Waals surface area contributed by atoms with Crippen molar-refractivity contribution >= 4 is 0 Å². The zero-order valence-electron chi connectivity index (χ0n) is 14.3. The Kier molecular flexibility index (Phi) is 5.80. The normalized spacial score (nSPS) is 26.7. The van der Waals surface area contributed by atoms with Gasteiger partial charge in [-0.1, -0.05) is 27.7 Å². The summed E-state index contributed by atoms with van der Waals surface area (Å²) in [6, 6.07) is 0.629. The molecule has 4 nitrogen and oxygen atoms in total. The van der Waals surface area contributed by atoms with Gasteiger partial charge in [0.05, 0.1) is 0 Å². The van der Waals surface area contributed by atoms with E-state index >= 15 is 0 Å². The summed E-state index contributed by atoms with van der Waals surface area (Å²) in [6.07, 6.45) is 6.74. The molecule has 1 aliphatic rings. The van der Waals surface area contributed by atoms with E-state index in [2.05, 4.69) is 54.8 Å². The maximum atomic E-state index is 4.53. The van der Waals surface area contributed by atoms with Crippen molar-refractivity contribution in [2.75, 3.05) is 7.05 Å². The number of hydrogen-bond acceptors (Lipinski definition) is 3. The van der Waals surface area contributed by atoms with E-state index in [4.69, 9.17) is 0 Å². The molecule has 3 atom stereocenters. The minimum Gasteiger partial charge on any atom is -0.317 e. The Morgan fingerprint density at radius 1 is 1.29 bits per heavy atom. The van der Waals surface area contributed by atoms with Crippen LogP contribution in [0.4, 0.5) is 0 Å². The summed E-state index contributed by atoms with van der Waals surface area (Å²) in [5.41, 5.74) is 0. The Morgan fingerprint density at radius 3 is 2.67 bits per heavy atom. The minimum absolute atomic E-state index is 0.611. The van der Waals surface area contributed by atoms with Crippen LogP contribution in [0.3, 0.4) is 0 Å². The van der Waals surface area contributed by atoms with Gasteiger partial charge in [-0.2, -0.15) is 5.10 Å². The maximum Gasteiger partial charge on any atom is 0.138 e. The summed E-state index contributed by atoms with van der Waals surface area (Å²) in [4.78, 5) is 4.53. The van der Waals surface area contributed by atoms with Crippen LogP contribution in [-0.2, 0) is 13.0 Å². The van der Waals surface area contributed by atoms with Gasteiger partial charge < -0.3 is 5.32 Å². The van der Waals surface area contributed by atoms with E-state index < -0.39 is 0 Å². The second kappa shape index (κ2) is 7.39. The monoisotopic (exact) mass is 292 g/mol. The first kappa shape index (κ1) is 16.5. The number of hydrogen-bond donors (Lipinski definition) is 1. The molecule has 120 valence electrons. The van der Waals surface area contributed by atoms with Gasteiger partial charge in [-0.15, -0.1) is 0 Å². The molecule has 1 aromatic heterocycles. The highest BCUT2D eigenvalue weighted by Gasteiger charge is 2.31. The first-order chi connectivity index (χ1) is 10.0. The topological polar surface area (TPSA) is 42.7 Å². The SMILES string of the molecule is CNC1CCC(C(C)C)CC1Cc1ncnn1CC(C)C. The van der Waals surface area contributed by atoms with E-state index in [0.717, 1.165) is 24.8 Å². The third-order valence-electron chi connectivity index (χ3n) is 5.02. The second-order valence-corrected chi connectivity index (χ2v) is 7.43. The molecule has 1 N–H and O–H groups in total. The summed E-state index contributed by atoms with van der Waals surface area (Å²) < 4.78 is 2.11. The molecule has 1 heterocycles. The van der Waals surface area contributed by atoms with Crippen LogP contribution in [0.25, 0.3) is 0 Å². The van der Waals surface area contributed by atoms with E-state index in [9.17, 15) is 0 Å². The van der Waals surface area contributed by atoms with Crippen molar-refractivity contribution in [3.8, 4) is 0 Å². The van der Waals surface area contributed by atoms with Crippen molar-refractivity contribution < 1.29 is 0 Å². The molecular formula is C17H32N4. The summed E-state index contributed by atoms with van der Waals surface area (Å²) in [5.74, 6) is 4.12. The molecule has 3 unspecified atom stereocenters. The van der Waals surface area contributed by atoms with Crippen LogP contribution in [0, 0.1) is 23.7 Å². The first-order valence-electron chi connectivity index (χ1n) is 8.55. The molecule has 0 radical (unpaired) electrons. The lowest BCUT2D eigenvalue weighted by Gasteiger charge is -2.37. The molecular weight excluding hydrogens is 260 g/mol. The molecule has 1 saturated carbocycles. The van der Waals surface area contributed by atoms with Crippen LogP contribution in [0.1, 0.15) is 52.8 Å². The van der Waals surface area contributed by atoms with Crippen LogP contribution >= 0.6 is 0 Å². The molecule has 0 spiro atoms. The van der Waals surface area contributed by atoms with Gasteiger partial charge >= 0.3 is 0 Å². The number of nitrogens with zero attached hydrogens (tertiary/aromatic N) is 3. The highest BCUT2D eigenvalue weighted by atomic mass is 15.3. The van der Waals surface area contributed by atoms with Crippen LogP contribution in [0.2, 0.25) is 0 Å². The Hall–Kier alpha value is -0.900. The molecule has 1 aromatic rings. The highest BCUT2D eigenvalue weighted by Crippen LogP contribution is 2.35. The number of rotatable bonds is 6. The van der Waals surface area contributed by atoms with Gasteiger partial charge in [-0.3, -0.25) is 0 Å². The lowest BCUT2D eigenvalue weighted by molar-refractivity contribution is 0.169. The molecule has 0 aromatic carbocycles. The van der Waals surface area contributed by atoms with E-state index in [1.165, 1.54) is 25.1 Å². The van der Waals surface area contributed by atoms with Crippen molar-refractivity contribution in [1.29, 1.82) is 0 Å². The van der Waals surface area contributed by atoms with Gasteiger partial charge in [0.1, 0.15) is 12.2 Å². The fourth-order valence-corrected chi connectivity index (χ4v) is 3.69. The average Bonchev–Trinajstić information content (AvgIpc) is 2.85. The van der Waals surface area contributed by atoms with Gasteiger partial charge in [-0.05, 0) is 50.0 Å². The molecule has 21 heavy (non-hydrogen) atoms. The Balaban J connectivity index is 2.06. The fraction of sp³-hybridized carbons (Fsp3) is 0.882. The highest BCUT2D eigenvalue weighted by molar-refractivity contribution is 4.94. The maximum absolute atomic E-state index is 4.53. The Morgan fingerprint density at radius 2 is 2.05 bits per heavy atom. The van der Waals surface area contributed by atoms with Gasteiger partial charge in [-0.25, -0.2) is 9.67 Å². The first-order valence-corrected chi connectivity index (χ1v) is 8.55. The predicted molar refractivity (Wildman–Crippen MR) is 87.1 cm³/mol. The lowest BCUT2D eigenvalue weighted by Crippen LogP contribution is -2.41. The zero-order chi connectivity index (χ0) is 15.4. The third-order valence-corrected chi connectivity index (χ3v) is 5.02. The molecule has 2 rings (SSSR count). The molecule has 4 heteroatoms. The van der Waals surface area contributed by atoms with Gasteiger partial charge in [0, 0.05) is 19.0 Å². The van der Waals surface area contributed by atoms with Crippen LogP contribution in [0.5, 0.6) is 0 Å². The Labute approximate surface area is 129 Å². The average molecular weight is 292 g/mol. The van der Waals surface area contributed by atoms with Crippen molar-refractivity contribution in [3.63, 3.8) is 0 Å². The largest absolute Gasteiger partial charge is 0.317 e. The van der Waals surface area contributed by atoms with Crippen LogP contribution in [0.15, 0.2) is 6.33 Å². The second-order valence-electron chi connectivity index (χ2n) is 7.43. The summed E-state index contributed by atoms with van der Waals surface area (Å²) in [6.45, 7) is 10.2. The fourth-order valence-electron chi connectivity index (χ4n) is 3.69. The summed E-state index contributed by atoms with van der Waals surface area (Å²) >= 11 is 0. The molecule has 0 saturated heterocycles. The van der Waals surface area contributed by atoms with Crippen molar-refractivity contribution in [2.45, 2.75) is 66.0 Å². The van der Waals surface area contributed by atoms with Crippen LogP contribution in [-0.4, -0.2) is 27.9 Å². The molecule has 1 aliphatic carbocycles. The third kappa shape index (κ3) is 4.29. The lowest BCUT2D eigenvalue weighted by atomic mass is 9.72. The molecule has 0 amide bonds. The Bertz CT molecular complexity index is 424. The van der Waals surface area contributed by atoms with Crippen molar-refractivity contribution in [2.24, 2.45) is 23.7 Å². The zero-order valence-corrected chi connectivity index (χ0v) is 14.3. The molecule has 1 fully saturated rings. The van der Waals surface area contributed by atoms with Gasteiger partial charge in [0.15, 0.2) is 0 Å². The summed E-state index contributed by atoms with van der Waals surface area (Å²) in [5, 5.41) is 7.94. The van der Waals surface area contributed by atoms with Crippen LogP contribution < -0.4 is 5.32 Å². The van der Waals surface area contributed by atoms with Crippen molar-refractivity contribution in [3.05, 3.63) is 12.2 Å². The molecule has 0 bridgehead atoms. The van der Waals surface area contributed by atoms with E-state index in [1.807, 2.05) is 0 Å². The van der Waals surface area contributed by atoms with Gasteiger partial charge in [0.25, 0.3) is 0 Å². The van der Waals surface area contributed by atoms with E-state index in [0.29, 0.717) is 17.9 Å². The van der Waals surface area contributed by atoms with E-state index in [1.54, 1.807) is 6.33 Å². The minimum atomic E-state index is 0.611. The standard InChI is InChI=1S/C17H32N4/c1-12(2)10-21-17(19-11-20-21)9-15-8-14(13(3)4)6-7-16(15)18-5/h11-16,18H,6-10H2,1-5H3. The summed E-state index contributed by atoms with van der Waals surface area (Å²) in [7, 11) is 2.10. The number of aromatic nitrogens is 3. The van der Waals surface area contributed by atoms with Gasteiger partial charge in [0.2, 0.25) is 0 Å². The predicted octanol–water partition coefficient (Wildman–Crippen LogP) is 3.14.